The van der Waals surface area contributed by atoms with Crippen LogP contribution in [-0.4, -0.2) is 29.7 Å². The third-order valence-electron chi connectivity index (χ3n) is 4.07. The maximum absolute atomic E-state index is 12.7. The molecule has 0 spiro atoms. The van der Waals surface area contributed by atoms with Crippen molar-refractivity contribution in [1.82, 2.24) is 4.98 Å². The van der Waals surface area contributed by atoms with Gasteiger partial charge in [-0.2, -0.15) is 0 Å². The number of pyridine rings is 1. The van der Waals surface area contributed by atoms with Crippen molar-refractivity contribution in [2.24, 2.45) is 5.73 Å². The molecule has 4 N–H and O–H groups in total. The lowest BCUT2D eigenvalue weighted by Crippen LogP contribution is -2.27. The topological polar surface area (TPSA) is 97.5 Å². The zero-order valence-electron chi connectivity index (χ0n) is 15.8. The van der Waals surface area contributed by atoms with Crippen LogP contribution in [0.3, 0.4) is 0 Å². The number of carbonyl (C=O) groups excluding carboxylic acids is 1. The predicted octanol–water partition coefficient (Wildman–Crippen LogP) is 3.66. The highest BCUT2D eigenvalue weighted by Crippen LogP contribution is 2.30. The number of ether oxygens (including phenoxy) is 1. The Hall–Kier alpha value is -3.12. The van der Waals surface area contributed by atoms with Gasteiger partial charge >= 0.3 is 0 Å². The lowest BCUT2D eigenvalue weighted by Gasteiger charge is -2.17. The first-order valence-corrected chi connectivity index (χ1v) is 8.84. The number of rotatable bonds is 5. The number of hydrogen-bond donors (Lipinski definition) is 3. The number of fused-ring (bicyclic) bond motifs is 1. The van der Waals surface area contributed by atoms with E-state index in [1.165, 1.54) is 13.2 Å². The Morgan fingerprint density at radius 3 is 2.67 bits per heavy atom. The summed E-state index contributed by atoms with van der Waals surface area (Å²) in [6, 6.07) is 12.3. The minimum Gasteiger partial charge on any atom is -0.504 e. The first kappa shape index (κ1) is 20.2. The van der Waals surface area contributed by atoms with Crippen LogP contribution in [0.15, 0.2) is 54.9 Å². The van der Waals surface area contributed by atoms with Crippen LogP contribution < -0.4 is 15.8 Å². The molecule has 0 bridgehead atoms. The van der Waals surface area contributed by atoms with Gasteiger partial charge in [-0.15, -0.1) is 0 Å². The van der Waals surface area contributed by atoms with Crippen molar-refractivity contribution < 1.29 is 14.6 Å². The highest BCUT2D eigenvalue weighted by atomic mass is 16.5. The Morgan fingerprint density at radius 1 is 1.19 bits per heavy atom. The van der Waals surface area contributed by atoms with Gasteiger partial charge in [-0.25, -0.2) is 0 Å². The van der Waals surface area contributed by atoms with Gasteiger partial charge in [0, 0.05) is 30.0 Å². The van der Waals surface area contributed by atoms with Gasteiger partial charge in [-0.3, -0.25) is 9.78 Å². The lowest BCUT2D eigenvalue weighted by molar-refractivity contribution is -0.117. The molecule has 0 aliphatic heterocycles. The number of aromatic nitrogens is 1. The molecule has 1 heterocycles. The maximum Gasteiger partial charge on any atom is 0.233 e. The minimum atomic E-state index is -0.553. The van der Waals surface area contributed by atoms with Gasteiger partial charge in [-0.1, -0.05) is 26.0 Å². The van der Waals surface area contributed by atoms with Crippen LogP contribution in [0.4, 0.5) is 5.69 Å². The SMILES string of the molecule is CC.COc1cc(C(CN)C(=O)Nc2ccc3cnccc3c2)ccc1O. The molecule has 6 heteroatoms. The van der Waals surface area contributed by atoms with Crippen molar-refractivity contribution in [2.75, 3.05) is 19.0 Å². The molecule has 1 unspecified atom stereocenters. The molecule has 1 amide bonds. The molecule has 27 heavy (non-hydrogen) atoms. The second-order valence-corrected chi connectivity index (χ2v) is 5.65. The van der Waals surface area contributed by atoms with Crippen molar-refractivity contribution in [3.63, 3.8) is 0 Å². The van der Waals surface area contributed by atoms with E-state index in [-0.39, 0.29) is 18.2 Å². The molecule has 142 valence electrons. The van der Waals surface area contributed by atoms with Gasteiger partial charge in [-0.05, 0) is 41.3 Å². The predicted molar refractivity (Wildman–Crippen MR) is 108 cm³/mol. The second-order valence-electron chi connectivity index (χ2n) is 5.65. The van der Waals surface area contributed by atoms with Gasteiger partial charge in [0.15, 0.2) is 11.5 Å². The first-order chi connectivity index (χ1) is 13.1. The number of carbonyl (C=O) groups is 1. The van der Waals surface area contributed by atoms with E-state index in [0.29, 0.717) is 17.0 Å². The van der Waals surface area contributed by atoms with Crippen LogP contribution in [0.25, 0.3) is 10.8 Å². The molecular formula is C21H25N3O3. The van der Waals surface area contributed by atoms with Crippen LogP contribution in [0.2, 0.25) is 0 Å². The highest BCUT2D eigenvalue weighted by Gasteiger charge is 2.20. The normalized spacial score (nSPS) is 11.3. The summed E-state index contributed by atoms with van der Waals surface area (Å²) in [5.74, 6) is -0.446. The Morgan fingerprint density at radius 2 is 1.96 bits per heavy atom. The number of hydrogen-bond acceptors (Lipinski definition) is 5. The number of phenols is 1. The third-order valence-corrected chi connectivity index (χ3v) is 4.07. The Balaban J connectivity index is 0.00000126. The maximum atomic E-state index is 12.7. The lowest BCUT2D eigenvalue weighted by atomic mass is 9.97. The zero-order chi connectivity index (χ0) is 19.8. The molecule has 2 aromatic carbocycles. The number of nitrogens with one attached hydrogen (secondary N) is 1. The van der Waals surface area contributed by atoms with E-state index >= 15 is 0 Å². The van der Waals surface area contributed by atoms with E-state index in [4.69, 9.17) is 10.5 Å². The van der Waals surface area contributed by atoms with Crippen LogP contribution in [0.5, 0.6) is 11.5 Å². The van der Waals surface area contributed by atoms with Crippen LogP contribution in [-0.2, 0) is 4.79 Å². The van der Waals surface area contributed by atoms with E-state index in [0.717, 1.165) is 10.8 Å². The molecule has 3 aromatic rings. The number of amides is 1. The average Bonchev–Trinajstić information content (AvgIpc) is 2.71. The standard InChI is InChI=1S/C19H19N3O3.C2H6/c1-25-18-9-13(3-5-17(18)23)16(10-20)19(24)22-15-4-2-14-11-21-7-6-12(14)8-15;1-2/h2-9,11,16,23H,10,20H2,1H3,(H,22,24);1-2H3. The van der Waals surface area contributed by atoms with Crippen LogP contribution in [0.1, 0.15) is 25.3 Å². The molecule has 1 atom stereocenters. The Kier molecular flexibility index (Phi) is 7.14. The fraction of sp³-hybridized carbons (Fsp3) is 0.238. The van der Waals surface area contributed by atoms with Gasteiger partial charge in [0.05, 0.1) is 13.0 Å². The van der Waals surface area contributed by atoms with Crippen molar-refractivity contribution in [3.05, 3.63) is 60.4 Å². The first-order valence-electron chi connectivity index (χ1n) is 8.84. The van der Waals surface area contributed by atoms with E-state index in [9.17, 15) is 9.90 Å². The summed E-state index contributed by atoms with van der Waals surface area (Å²) in [6.07, 6.45) is 3.48. The molecule has 0 saturated carbocycles. The molecule has 6 nitrogen and oxygen atoms in total. The summed E-state index contributed by atoms with van der Waals surface area (Å²) in [5.41, 5.74) is 7.18. The molecular weight excluding hydrogens is 342 g/mol. The summed E-state index contributed by atoms with van der Waals surface area (Å²) < 4.78 is 5.10. The van der Waals surface area contributed by atoms with Gasteiger partial charge in [0.25, 0.3) is 0 Å². The Labute approximate surface area is 159 Å². The molecule has 0 aliphatic carbocycles. The number of nitrogens with two attached hydrogens (primary N) is 1. The second kappa shape index (κ2) is 9.54. The fourth-order valence-corrected chi connectivity index (χ4v) is 2.70. The van der Waals surface area contributed by atoms with Gasteiger partial charge in [0.1, 0.15) is 0 Å². The van der Waals surface area contributed by atoms with E-state index in [1.54, 1.807) is 24.5 Å². The largest absolute Gasteiger partial charge is 0.504 e. The van der Waals surface area contributed by atoms with Crippen LogP contribution in [0, 0.1) is 0 Å². The van der Waals surface area contributed by atoms with E-state index in [2.05, 4.69) is 10.3 Å². The van der Waals surface area contributed by atoms with Crippen molar-refractivity contribution in [2.45, 2.75) is 19.8 Å². The summed E-state index contributed by atoms with van der Waals surface area (Å²) >= 11 is 0. The zero-order valence-corrected chi connectivity index (χ0v) is 15.8. The van der Waals surface area contributed by atoms with Crippen molar-refractivity contribution in [3.8, 4) is 11.5 Å². The monoisotopic (exact) mass is 367 g/mol. The summed E-state index contributed by atoms with van der Waals surface area (Å²) in [5, 5.41) is 14.6. The fourth-order valence-electron chi connectivity index (χ4n) is 2.70. The van der Waals surface area contributed by atoms with Crippen molar-refractivity contribution in [1.29, 1.82) is 0 Å². The molecule has 0 saturated heterocycles. The molecule has 0 aliphatic rings. The highest BCUT2D eigenvalue weighted by molar-refractivity contribution is 5.98. The quantitative estimate of drug-likeness (QED) is 0.639. The van der Waals surface area contributed by atoms with E-state index in [1.807, 2.05) is 38.1 Å². The van der Waals surface area contributed by atoms with Gasteiger partial charge < -0.3 is 20.9 Å². The number of aromatic hydroxyl groups is 1. The number of phenolic OH excluding ortho intramolecular Hbond substituents is 1. The summed E-state index contributed by atoms with van der Waals surface area (Å²) in [4.78, 5) is 16.7. The van der Waals surface area contributed by atoms with Crippen molar-refractivity contribution >= 4 is 22.4 Å². The number of nitrogens with zero attached hydrogens (tertiary/aromatic N) is 1. The van der Waals surface area contributed by atoms with E-state index < -0.39 is 5.92 Å². The minimum absolute atomic E-state index is 0.0190. The van der Waals surface area contributed by atoms with Gasteiger partial charge in [0.2, 0.25) is 5.91 Å². The number of methoxy groups -OCH3 is 1. The summed E-state index contributed by atoms with van der Waals surface area (Å²) in [7, 11) is 1.46. The summed E-state index contributed by atoms with van der Waals surface area (Å²) in [6.45, 7) is 4.14. The Bertz CT molecular complexity index is 912. The molecule has 3 rings (SSSR count). The molecule has 0 radical (unpaired) electrons. The smallest absolute Gasteiger partial charge is 0.233 e. The number of anilines is 1. The average molecular weight is 367 g/mol. The molecule has 0 fully saturated rings. The third kappa shape index (κ3) is 4.74. The molecule has 1 aromatic heterocycles. The number of benzene rings is 2. The van der Waals surface area contributed by atoms with Crippen LogP contribution >= 0.6 is 0 Å².